The Hall–Kier alpha value is -1.27. The van der Waals surface area contributed by atoms with Gasteiger partial charge < -0.3 is 11.5 Å². The summed E-state index contributed by atoms with van der Waals surface area (Å²) in [7, 11) is -3.80. The average Bonchev–Trinajstić information content (AvgIpc) is 2.02. The predicted octanol–water partition coefficient (Wildman–Crippen LogP) is 0.302. The van der Waals surface area contributed by atoms with Gasteiger partial charge in [0.1, 0.15) is 0 Å². The lowest BCUT2D eigenvalue weighted by atomic mass is 10.4. The number of rotatable bonds is 2. The Morgan fingerprint density at radius 1 is 1.21 bits per heavy atom. The van der Waals surface area contributed by atoms with Crippen LogP contribution in [0.25, 0.3) is 0 Å². The van der Waals surface area contributed by atoms with Crippen LogP contribution in [0.5, 0.6) is 0 Å². The van der Waals surface area contributed by atoms with Gasteiger partial charge in [-0.1, -0.05) is 11.6 Å². The zero-order chi connectivity index (χ0) is 10.8. The van der Waals surface area contributed by atoms with E-state index < -0.39 is 16.0 Å². The minimum atomic E-state index is -3.80. The second-order valence-corrected chi connectivity index (χ2v) is 4.49. The molecule has 0 spiro atoms. The van der Waals surface area contributed by atoms with Gasteiger partial charge in [-0.3, -0.25) is 0 Å². The zero-order valence-electron chi connectivity index (χ0n) is 7.01. The number of nitrogens with two attached hydrogens (primary N) is 2. The van der Waals surface area contributed by atoms with E-state index in [1.54, 1.807) is 0 Å². The Morgan fingerprint density at radius 2 is 1.71 bits per heavy atom. The van der Waals surface area contributed by atoms with E-state index in [0.29, 0.717) is 5.02 Å². The maximum Gasteiger partial charge on any atom is 0.285 e. The Labute approximate surface area is 86.4 Å². The highest BCUT2D eigenvalue weighted by molar-refractivity contribution is 7.90. The van der Waals surface area contributed by atoms with Crippen molar-refractivity contribution in [2.75, 3.05) is 0 Å². The van der Waals surface area contributed by atoms with Crippen LogP contribution in [0.15, 0.2) is 33.6 Å². The molecule has 0 unspecified atom stereocenters. The molecule has 1 aromatic rings. The van der Waals surface area contributed by atoms with Crippen molar-refractivity contribution < 1.29 is 8.42 Å². The van der Waals surface area contributed by atoms with Crippen molar-refractivity contribution in [1.29, 1.82) is 0 Å². The van der Waals surface area contributed by atoms with Gasteiger partial charge in [0, 0.05) is 5.02 Å². The molecule has 0 atom stereocenters. The van der Waals surface area contributed by atoms with Gasteiger partial charge in [0.05, 0.1) is 4.90 Å². The highest BCUT2D eigenvalue weighted by Gasteiger charge is 2.12. The SMILES string of the molecule is NC(N)=NS(=O)(=O)c1ccc(Cl)cc1. The van der Waals surface area contributed by atoms with Gasteiger partial charge >= 0.3 is 0 Å². The minimum absolute atomic E-state index is 0.00435. The largest absolute Gasteiger partial charge is 0.369 e. The summed E-state index contributed by atoms with van der Waals surface area (Å²) < 4.78 is 25.8. The topological polar surface area (TPSA) is 98.5 Å². The first-order chi connectivity index (χ1) is 6.42. The summed E-state index contributed by atoms with van der Waals surface area (Å²) in [6.07, 6.45) is 0. The van der Waals surface area contributed by atoms with E-state index in [-0.39, 0.29) is 4.90 Å². The van der Waals surface area contributed by atoms with Crippen molar-refractivity contribution >= 4 is 27.6 Å². The first-order valence-corrected chi connectivity index (χ1v) is 5.35. The molecule has 0 radical (unpaired) electrons. The number of benzene rings is 1. The Balaban J connectivity index is 3.18. The minimum Gasteiger partial charge on any atom is -0.369 e. The maximum atomic E-state index is 11.4. The number of hydrogen-bond acceptors (Lipinski definition) is 2. The van der Waals surface area contributed by atoms with E-state index in [0.717, 1.165) is 0 Å². The molecule has 0 saturated carbocycles. The second-order valence-electron chi connectivity index (χ2n) is 2.45. The van der Waals surface area contributed by atoms with Gasteiger partial charge in [0.15, 0.2) is 0 Å². The van der Waals surface area contributed by atoms with Crippen molar-refractivity contribution in [1.82, 2.24) is 0 Å². The van der Waals surface area contributed by atoms with Gasteiger partial charge in [0.25, 0.3) is 10.0 Å². The quantitative estimate of drug-likeness (QED) is 0.567. The summed E-state index contributed by atoms with van der Waals surface area (Å²) >= 11 is 5.59. The highest BCUT2D eigenvalue weighted by atomic mass is 35.5. The van der Waals surface area contributed by atoms with Crippen molar-refractivity contribution in [2.24, 2.45) is 15.9 Å². The van der Waals surface area contributed by atoms with Crippen LogP contribution in [-0.4, -0.2) is 14.4 Å². The lowest BCUT2D eigenvalue weighted by Gasteiger charge is -1.98. The number of nitrogens with zero attached hydrogens (tertiary/aromatic N) is 1. The third-order valence-corrected chi connectivity index (χ3v) is 2.91. The molecule has 0 aliphatic carbocycles. The van der Waals surface area contributed by atoms with E-state index in [1.165, 1.54) is 24.3 Å². The standard InChI is InChI=1S/C7H8ClN3O2S/c8-5-1-3-6(4-2-5)14(12,13)11-7(9)10/h1-4H,(H4,9,10,11). The van der Waals surface area contributed by atoms with Crippen LogP contribution in [0.4, 0.5) is 0 Å². The third-order valence-electron chi connectivity index (χ3n) is 1.34. The van der Waals surface area contributed by atoms with Crippen LogP contribution in [0.2, 0.25) is 5.02 Å². The first kappa shape index (κ1) is 10.8. The molecule has 76 valence electrons. The lowest BCUT2D eigenvalue weighted by Crippen LogP contribution is -2.24. The fourth-order valence-corrected chi connectivity index (χ4v) is 1.79. The summed E-state index contributed by atoms with van der Waals surface area (Å²) in [5.41, 5.74) is 9.94. The van der Waals surface area contributed by atoms with Gasteiger partial charge in [0.2, 0.25) is 5.96 Å². The van der Waals surface area contributed by atoms with Crippen molar-refractivity contribution in [3.8, 4) is 0 Å². The summed E-state index contributed by atoms with van der Waals surface area (Å²) in [4.78, 5) is -0.00435. The van der Waals surface area contributed by atoms with Gasteiger partial charge in [-0.05, 0) is 24.3 Å². The molecule has 1 rings (SSSR count). The highest BCUT2D eigenvalue weighted by Crippen LogP contribution is 2.15. The van der Waals surface area contributed by atoms with Crippen LogP contribution in [-0.2, 0) is 10.0 Å². The van der Waals surface area contributed by atoms with Crippen LogP contribution in [0.1, 0.15) is 0 Å². The van der Waals surface area contributed by atoms with Gasteiger partial charge in [-0.2, -0.15) is 8.42 Å². The normalized spacial score (nSPS) is 10.9. The molecule has 14 heavy (non-hydrogen) atoms. The van der Waals surface area contributed by atoms with Crippen molar-refractivity contribution in [3.05, 3.63) is 29.3 Å². The molecular formula is C7H8ClN3O2S. The van der Waals surface area contributed by atoms with Crippen LogP contribution < -0.4 is 11.5 Å². The summed E-state index contributed by atoms with van der Waals surface area (Å²) in [6.45, 7) is 0. The lowest BCUT2D eigenvalue weighted by molar-refractivity contribution is 0.598. The fourth-order valence-electron chi connectivity index (χ4n) is 0.798. The van der Waals surface area contributed by atoms with Crippen LogP contribution in [0, 0.1) is 0 Å². The van der Waals surface area contributed by atoms with Gasteiger partial charge in [-0.25, -0.2) is 0 Å². The monoisotopic (exact) mass is 233 g/mol. The van der Waals surface area contributed by atoms with E-state index in [9.17, 15) is 8.42 Å². The molecule has 0 bridgehead atoms. The van der Waals surface area contributed by atoms with Crippen molar-refractivity contribution in [3.63, 3.8) is 0 Å². The zero-order valence-corrected chi connectivity index (χ0v) is 8.59. The van der Waals surface area contributed by atoms with Crippen LogP contribution in [0.3, 0.4) is 0 Å². The summed E-state index contributed by atoms with van der Waals surface area (Å²) in [5, 5.41) is 0.439. The Morgan fingerprint density at radius 3 is 2.14 bits per heavy atom. The molecule has 4 N–H and O–H groups in total. The molecule has 0 aromatic heterocycles. The van der Waals surface area contributed by atoms with E-state index in [4.69, 9.17) is 23.1 Å². The molecule has 0 aliphatic rings. The number of hydrogen-bond donors (Lipinski definition) is 2. The second kappa shape index (κ2) is 3.85. The van der Waals surface area contributed by atoms with E-state index in [1.807, 2.05) is 0 Å². The van der Waals surface area contributed by atoms with Crippen molar-refractivity contribution in [2.45, 2.75) is 4.90 Å². The number of guanidine groups is 1. The molecule has 0 saturated heterocycles. The third kappa shape index (κ3) is 2.61. The summed E-state index contributed by atoms with van der Waals surface area (Å²) in [6, 6.07) is 5.53. The fraction of sp³-hybridized carbons (Fsp3) is 0. The molecule has 0 aliphatic heterocycles. The number of sulfonamides is 1. The maximum absolute atomic E-state index is 11.4. The molecule has 0 heterocycles. The predicted molar refractivity (Wildman–Crippen MR) is 54.4 cm³/mol. The molecule has 1 aromatic carbocycles. The molecular weight excluding hydrogens is 226 g/mol. The molecule has 7 heteroatoms. The van der Waals surface area contributed by atoms with E-state index >= 15 is 0 Å². The smallest absolute Gasteiger partial charge is 0.285 e. The van der Waals surface area contributed by atoms with E-state index in [2.05, 4.69) is 4.40 Å². The Bertz CT molecular complexity index is 448. The summed E-state index contributed by atoms with van der Waals surface area (Å²) in [5.74, 6) is -0.500. The molecule has 0 amide bonds. The number of halogens is 1. The first-order valence-electron chi connectivity index (χ1n) is 3.53. The average molecular weight is 234 g/mol. The van der Waals surface area contributed by atoms with Crippen LogP contribution >= 0.6 is 11.6 Å². The van der Waals surface area contributed by atoms with Gasteiger partial charge in [-0.15, -0.1) is 4.40 Å². The molecule has 5 nitrogen and oxygen atoms in total. The molecule has 0 fully saturated rings. The Kier molecular flexibility index (Phi) is 2.97.